The van der Waals surface area contributed by atoms with Crippen molar-refractivity contribution in [2.75, 3.05) is 24.5 Å². The zero-order chi connectivity index (χ0) is 19.4. The number of carbonyl (C=O) groups excluding carboxylic acids is 1. The van der Waals surface area contributed by atoms with Crippen molar-refractivity contribution in [2.45, 2.75) is 18.2 Å². The highest BCUT2D eigenvalue weighted by Crippen LogP contribution is 2.38. The lowest BCUT2D eigenvalue weighted by molar-refractivity contribution is 0.0526. The van der Waals surface area contributed by atoms with E-state index in [2.05, 4.69) is 4.72 Å². The van der Waals surface area contributed by atoms with Crippen LogP contribution in [0.3, 0.4) is 0 Å². The van der Waals surface area contributed by atoms with Crippen molar-refractivity contribution >= 4 is 33.3 Å². The number of halogens is 1. The Balaban J connectivity index is 1.84. The van der Waals surface area contributed by atoms with Gasteiger partial charge < -0.3 is 14.2 Å². The molecule has 27 heavy (non-hydrogen) atoms. The summed E-state index contributed by atoms with van der Waals surface area (Å²) in [5.41, 5.74) is 0.444. The first-order valence-corrected chi connectivity index (χ1v) is 10.2. The minimum absolute atomic E-state index is 0.0151. The van der Waals surface area contributed by atoms with Crippen molar-refractivity contribution < 1.29 is 27.4 Å². The van der Waals surface area contributed by atoms with Crippen LogP contribution in [0.4, 0.5) is 5.69 Å². The fraction of sp³-hybridized carbons (Fsp3) is 0.278. The quantitative estimate of drug-likeness (QED) is 0.757. The van der Waals surface area contributed by atoms with E-state index in [4.69, 9.17) is 25.8 Å². The van der Waals surface area contributed by atoms with Gasteiger partial charge in [0.2, 0.25) is 0 Å². The third kappa shape index (κ3) is 4.45. The molecule has 0 fully saturated rings. The molecule has 2 aromatic carbocycles. The average Bonchev–Trinajstić information content (AvgIpc) is 2.87. The molecule has 0 saturated heterocycles. The normalized spacial score (nSPS) is 13.6. The maximum atomic E-state index is 12.6. The Kier molecular flexibility index (Phi) is 5.76. The Morgan fingerprint density at radius 1 is 1.15 bits per heavy atom. The van der Waals surface area contributed by atoms with Crippen LogP contribution >= 0.6 is 11.6 Å². The largest absolute Gasteiger partial charge is 0.490 e. The van der Waals surface area contributed by atoms with E-state index in [1.54, 1.807) is 6.92 Å². The Labute approximate surface area is 162 Å². The number of ether oxygens (including phenoxy) is 3. The Morgan fingerprint density at radius 3 is 2.41 bits per heavy atom. The fourth-order valence-electron chi connectivity index (χ4n) is 2.45. The smallest absolute Gasteiger partial charge is 0.338 e. The molecule has 0 aliphatic carbocycles. The Morgan fingerprint density at radius 2 is 1.78 bits per heavy atom. The van der Waals surface area contributed by atoms with E-state index in [-0.39, 0.29) is 27.8 Å². The molecule has 0 amide bonds. The van der Waals surface area contributed by atoms with Crippen LogP contribution in [0, 0.1) is 0 Å². The molecule has 0 radical (unpaired) electrons. The predicted molar refractivity (Wildman–Crippen MR) is 100 cm³/mol. The van der Waals surface area contributed by atoms with Gasteiger partial charge in [0.05, 0.1) is 41.0 Å². The van der Waals surface area contributed by atoms with Gasteiger partial charge in [0.15, 0.2) is 11.5 Å². The number of nitrogens with one attached hydrogen (secondary N) is 1. The van der Waals surface area contributed by atoms with Crippen molar-refractivity contribution in [2.24, 2.45) is 0 Å². The molecular weight excluding hydrogens is 394 g/mol. The van der Waals surface area contributed by atoms with Gasteiger partial charge in [-0.3, -0.25) is 4.72 Å². The topological polar surface area (TPSA) is 90.9 Å². The molecule has 7 nitrogen and oxygen atoms in total. The summed E-state index contributed by atoms with van der Waals surface area (Å²) < 4.78 is 43.7. The molecule has 0 atom stereocenters. The summed E-state index contributed by atoms with van der Waals surface area (Å²) in [6, 6.07) is 8.44. The van der Waals surface area contributed by atoms with E-state index in [0.29, 0.717) is 24.7 Å². The second kappa shape index (κ2) is 8.06. The number of esters is 1. The van der Waals surface area contributed by atoms with Gasteiger partial charge in [0.25, 0.3) is 10.0 Å². The van der Waals surface area contributed by atoms with Crippen molar-refractivity contribution in [1.82, 2.24) is 0 Å². The summed E-state index contributed by atoms with van der Waals surface area (Å²) in [6.07, 6.45) is 0.722. The highest BCUT2D eigenvalue weighted by Gasteiger charge is 2.20. The summed E-state index contributed by atoms with van der Waals surface area (Å²) >= 11 is 6.19. The predicted octanol–water partition coefficient (Wildman–Crippen LogP) is 3.48. The van der Waals surface area contributed by atoms with E-state index < -0.39 is 16.0 Å². The van der Waals surface area contributed by atoms with Gasteiger partial charge in [-0.25, -0.2) is 13.2 Å². The highest BCUT2D eigenvalue weighted by atomic mass is 35.5. The number of rotatable bonds is 5. The standard InChI is InChI=1S/C18H18ClNO6S/c1-2-24-18(21)12-4-6-13(7-5-12)27(22,23)20-15-11-17-16(10-14(15)19)25-8-3-9-26-17/h4-7,10-11,20H,2-3,8-9H2,1H3. The van der Waals surface area contributed by atoms with E-state index >= 15 is 0 Å². The molecule has 1 aliphatic heterocycles. The zero-order valence-electron chi connectivity index (χ0n) is 14.5. The number of hydrogen-bond donors (Lipinski definition) is 1. The number of sulfonamides is 1. The fourth-order valence-corrected chi connectivity index (χ4v) is 3.78. The number of hydrogen-bond acceptors (Lipinski definition) is 6. The van der Waals surface area contributed by atoms with Gasteiger partial charge in [-0.1, -0.05) is 11.6 Å². The van der Waals surface area contributed by atoms with E-state index in [9.17, 15) is 13.2 Å². The summed E-state index contributed by atoms with van der Waals surface area (Å²) in [7, 11) is -3.91. The third-order valence-electron chi connectivity index (χ3n) is 3.76. The first kappa shape index (κ1) is 19.3. The second-order valence-electron chi connectivity index (χ2n) is 5.68. The van der Waals surface area contributed by atoms with Gasteiger partial charge in [-0.2, -0.15) is 0 Å². The molecule has 2 aromatic rings. The van der Waals surface area contributed by atoms with Gasteiger partial charge in [0, 0.05) is 18.6 Å². The van der Waals surface area contributed by atoms with Crippen LogP contribution in [0.25, 0.3) is 0 Å². The van der Waals surface area contributed by atoms with Crippen LogP contribution in [0.2, 0.25) is 5.02 Å². The lowest BCUT2D eigenvalue weighted by atomic mass is 10.2. The summed E-state index contributed by atoms with van der Waals surface area (Å²) in [5.74, 6) is 0.381. The summed E-state index contributed by atoms with van der Waals surface area (Å²) in [6.45, 7) is 2.90. The lowest BCUT2D eigenvalue weighted by Crippen LogP contribution is -2.14. The highest BCUT2D eigenvalue weighted by molar-refractivity contribution is 7.92. The van der Waals surface area contributed by atoms with Crippen molar-refractivity contribution in [3.63, 3.8) is 0 Å². The van der Waals surface area contributed by atoms with Crippen LogP contribution in [-0.2, 0) is 14.8 Å². The lowest BCUT2D eigenvalue weighted by Gasteiger charge is -2.13. The number of anilines is 1. The molecule has 3 rings (SSSR count). The van der Waals surface area contributed by atoms with Crippen LogP contribution in [0.5, 0.6) is 11.5 Å². The van der Waals surface area contributed by atoms with Gasteiger partial charge in [0.1, 0.15) is 0 Å². The first-order valence-electron chi connectivity index (χ1n) is 8.30. The minimum Gasteiger partial charge on any atom is -0.490 e. The van der Waals surface area contributed by atoms with Crippen molar-refractivity contribution in [3.05, 3.63) is 47.0 Å². The van der Waals surface area contributed by atoms with E-state index in [0.717, 1.165) is 6.42 Å². The summed E-state index contributed by atoms with van der Waals surface area (Å²) in [4.78, 5) is 11.7. The molecule has 1 N–H and O–H groups in total. The molecule has 0 aromatic heterocycles. The molecule has 0 saturated carbocycles. The van der Waals surface area contributed by atoms with E-state index in [1.165, 1.54) is 36.4 Å². The maximum Gasteiger partial charge on any atom is 0.338 e. The molecule has 0 unspecified atom stereocenters. The minimum atomic E-state index is -3.91. The maximum absolute atomic E-state index is 12.6. The van der Waals surface area contributed by atoms with Crippen LogP contribution < -0.4 is 14.2 Å². The summed E-state index contributed by atoms with van der Waals surface area (Å²) in [5, 5.41) is 0.186. The van der Waals surface area contributed by atoms with Gasteiger partial charge in [-0.05, 0) is 31.2 Å². The molecule has 0 bridgehead atoms. The second-order valence-corrected chi connectivity index (χ2v) is 7.77. The van der Waals surface area contributed by atoms with Gasteiger partial charge in [-0.15, -0.1) is 0 Å². The van der Waals surface area contributed by atoms with Crippen LogP contribution in [0.15, 0.2) is 41.3 Å². The molecule has 1 aliphatic rings. The number of carbonyl (C=O) groups is 1. The number of benzene rings is 2. The third-order valence-corrected chi connectivity index (χ3v) is 5.45. The molecule has 144 valence electrons. The average molecular weight is 412 g/mol. The first-order chi connectivity index (χ1) is 12.9. The molecule has 1 heterocycles. The number of fused-ring (bicyclic) bond motifs is 1. The monoisotopic (exact) mass is 411 g/mol. The Bertz CT molecular complexity index is 943. The molecule has 9 heteroatoms. The molecule has 0 spiro atoms. The Hall–Kier alpha value is -2.45. The van der Waals surface area contributed by atoms with Crippen molar-refractivity contribution in [3.8, 4) is 11.5 Å². The van der Waals surface area contributed by atoms with Crippen molar-refractivity contribution in [1.29, 1.82) is 0 Å². The van der Waals surface area contributed by atoms with E-state index in [1.807, 2.05) is 0 Å². The van der Waals surface area contributed by atoms with Crippen LogP contribution in [0.1, 0.15) is 23.7 Å². The molecular formula is C18H18ClNO6S. The SMILES string of the molecule is CCOC(=O)c1ccc(S(=O)(=O)Nc2cc3c(cc2Cl)OCCCO3)cc1. The van der Waals surface area contributed by atoms with Crippen LogP contribution in [-0.4, -0.2) is 34.2 Å². The van der Waals surface area contributed by atoms with Gasteiger partial charge >= 0.3 is 5.97 Å². The zero-order valence-corrected chi connectivity index (χ0v) is 16.1.